The third-order valence-corrected chi connectivity index (χ3v) is 3.31. The number of esters is 1. The summed E-state index contributed by atoms with van der Waals surface area (Å²) in [7, 11) is 1.28. The molecule has 0 unspecified atom stereocenters. The Kier molecular flexibility index (Phi) is 4.42. The minimum Gasteiger partial charge on any atom is -0.471 e. The molecule has 1 aromatic carbocycles. The lowest BCUT2D eigenvalue weighted by molar-refractivity contribution is 0.0591. The Morgan fingerprint density at radius 3 is 2.80 bits per heavy atom. The molecule has 128 valence electrons. The van der Waals surface area contributed by atoms with Crippen molar-refractivity contribution >= 4 is 11.9 Å². The van der Waals surface area contributed by atoms with Crippen LogP contribution in [-0.4, -0.2) is 44.2 Å². The highest BCUT2D eigenvalue weighted by Gasteiger charge is 2.18. The van der Waals surface area contributed by atoms with Gasteiger partial charge >= 0.3 is 5.97 Å². The van der Waals surface area contributed by atoms with Gasteiger partial charge in [0.15, 0.2) is 18.1 Å². The normalized spacial score (nSPS) is 10.4. The minimum atomic E-state index is -0.701. The van der Waals surface area contributed by atoms with E-state index in [0.717, 1.165) is 0 Å². The predicted molar refractivity (Wildman–Crippen MR) is 84.5 cm³/mol. The largest absolute Gasteiger partial charge is 0.471 e. The number of amides is 1. The summed E-state index contributed by atoms with van der Waals surface area (Å²) < 4.78 is 11.8. The third kappa shape index (κ3) is 3.32. The summed E-state index contributed by atoms with van der Waals surface area (Å²) in [5.74, 6) is -0.782. The number of H-pyrrole nitrogens is 1. The fourth-order valence-electron chi connectivity index (χ4n) is 2.16. The average Bonchev–Trinajstić information content (AvgIpc) is 3.29. The zero-order chi connectivity index (χ0) is 17.8. The van der Waals surface area contributed by atoms with E-state index in [4.69, 9.17) is 10.5 Å². The van der Waals surface area contributed by atoms with Gasteiger partial charge in [-0.1, -0.05) is 12.1 Å². The molecule has 0 aliphatic carbocycles. The average molecular weight is 342 g/mol. The van der Waals surface area contributed by atoms with Gasteiger partial charge in [-0.25, -0.2) is 9.48 Å². The van der Waals surface area contributed by atoms with E-state index in [0.29, 0.717) is 17.0 Å². The SMILES string of the molecule is COC(=O)c1ccn(COc2ccccc2-c2n[nH]nc2C(N)=O)n1. The number of carbonyl (C=O) groups is 2. The molecule has 0 spiro atoms. The van der Waals surface area contributed by atoms with Crippen molar-refractivity contribution in [3.05, 3.63) is 47.9 Å². The molecule has 0 radical (unpaired) electrons. The van der Waals surface area contributed by atoms with E-state index in [1.807, 2.05) is 0 Å². The first-order valence-corrected chi connectivity index (χ1v) is 7.14. The number of hydrogen-bond acceptors (Lipinski definition) is 7. The van der Waals surface area contributed by atoms with Gasteiger partial charge in [0.2, 0.25) is 0 Å². The number of aromatic nitrogens is 5. The van der Waals surface area contributed by atoms with Crippen LogP contribution in [-0.2, 0) is 11.5 Å². The second-order valence-electron chi connectivity index (χ2n) is 4.89. The molecule has 3 rings (SSSR count). The number of ether oxygens (including phenoxy) is 2. The summed E-state index contributed by atoms with van der Waals surface area (Å²) >= 11 is 0. The molecule has 3 N–H and O–H groups in total. The van der Waals surface area contributed by atoms with E-state index in [1.54, 1.807) is 30.5 Å². The van der Waals surface area contributed by atoms with Gasteiger partial charge in [-0.2, -0.15) is 20.5 Å². The topological polar surface area (TPSA) is 138 Å². The van der Waals surface area contributed by atoms with Crippen LogP contribution in [0.25, 0.3) is 11.3 Å². The van der Waals surface area contributed by atoms with Crippen molar-refractivity contribution in [3.63, 3.8) is 0 Å². The summed E-state index contributed by atoms with van der Waals surface area (Å²) in [6, 6.07) is 8.49. The number of nitrogens with one attached hydrogen (secondary N) is 1. The van der Waals surface area contributed by atoms with Crippen LogP contribution in [0.3, 0.4) is 0 Å². The molecule has 0 bridgehead atoms. The number of hydrogen-bond donors (Lipinski definition) is 2. The lowest BCUT2D eigenvalue weighted by Crippen LogP contribution is -2.13. The minimum absolute atomic E-state index is 0.0168. The van der Waals surface area contributed by atoms with Crippen LogP contribution < -0.4 is 10.5 Å². The highest BCUT2D eigenvalue weighted by Crippen LogP contribution is 2.29. The second kappa shape index (κ2) is 6.83. The zero-order valence-electron chi connectivity index (χ0n) is 13.2. The van der Waals surface area contributed by atoms with Gasteiger partial charge in [0.1, 0.15) is 11.4 Å². The summed E-state index contributed by atoms with van der Waals surface area (Å²) in [6.45, 7) is 0.0394. The lowest BCUT2D eigenvalue weighted by atomic mass is 10.1. The van der Waals surface area contributed by atoms with Gasteiger partial charge < -0.3 is 15.2 Å². The van der Waals surface area contributed by atoms with E-state index in [2.05, 4.69) is 25.2 Å². The number of nitrogens with two attached hydrogens (primary N) is 1. The van der Waals surface area contributed by atoms with Crippen molar-refractivity contribution in [3.8, 4) is 17.0 Å². The standard InChI is InChI=1S/C15H14N6O4/c1-24-15(23)10-6-7-21(19-10)8-25-11-5-3-2-4-9(11)12-13(14(16)22)18-20-17-12/h2-7H,8H2,1H3,(H2,16,22)(H,17,18,20). The van der Waals surface area contributed by atoms with Gasteiger partial charge in [-0.05, 0) is 18.2 Å². The zero-order valence-corrected chi connectivity index (χ0v) is 13.2. The highest BCUT2D eigenvalue weighted by atomic mass is 16.5. The second-order valence-corrected chi connectivity index (χ2v) is 4.89. The Morgan fingerprint density at radius 1 is 1.24 bits per heavy atom. The van der Waals surface area contributed by atoms with Crippen molar-refractivity contribution in [2.75, 3.05) is 7.11 Å². The molecule has 2 aromatic heterocycles. The van der Waals surface area contributed by atoms with Crippen LogP contribution in [0, 0.1) is 0 Å². The number of primary amides is 1. The van der Waals surface area contributed by atoms with Gasteiger partial charge in [0, 0.05) is 11.8 Å². The maximum atomic E-state index is 11.4. The van der Waals surface area contributed by atoms with Crippen LogP contribution in [0.5, 0.6) is 5.75 Å². The van der Waals surface area contributed by atoms with E-state index >= 15 is 0 Å². The van der Waals surface area contributed by atoms with Crippen LogP contribution in [0.2, 0.25) is 0 Å². The van der Waals surface area contributed by atoms with E-state index in [9.17, 15) is 9.59 Å². The van der Waals surface area contributed by atoms with E-state index in [-0.39, 0.29) is 18.1 Å². The molecule has 1 amide bonds. The number of benzene rings is 1. The molecule has 25 heavy (non-hydrogen) atoms. The number of rotatable bonds is 6. The van der Waals surface area contributed by atoms with Gasteiger partial charge in [-0.3, -0.25) is 4.79 Å². The van der Waals surface area contributed by atoms with Crippen molar-refractivity contribution in [1.29, 1.82) is 0 Å². The van der Waals surface area contributed by atoms with E-state index in [1.165, 1.54) is 17.9 Å². The quantitative estimate of drug-likeness (QED) is 0.625. The molecule has 2 heterocycles. The molecule has 0 atom stereocenters. The highest BCUT2D eigenvalue weighted by molar-refractivity contribution is 5.97. The molecule has 0 saturated carbocycles. The van der Waals surface area contributed by atoms with Gasteiger partial charge in [0.25, 0.3) is 5.91 Å². The molecule has 0 aliphatic heterocycles. The van der Waals surface area contributed by atoms with Crippen molar-refractivity contribution in [2.24, 2.45) is 5.73 Å². The molecule has 0 fully saturated rings. The smallest absolute Gasteiger partial charge is 0.358 e. The molecule has 0 saturated heterocycles. The third-order valence-electron chi connectivity index (χ3n) is 3.31. The van der Waals surface area contributed by atoms with Gasteiger partial charge in [-0.15, -0.1) is 0 Å². The Morgan fingerprint density at radius 2 is 2.04 bits per heavy atom. The first kappa shape index (κ1) is 16.2. The molecular formula is C15H14N6O4. The molecule has 0 aliphatic rings. The monoisotopic (exact) mass is 342 g/mol. The lowest BCUT2D eigenvalue weighted by Gasteiger charge is -2.10. The number of para-hydroxylation sites is 1. The summed E-state index contributed by atoms with van der Waals surface area (Å²) in [4.78, 5) is 22.9. The maximum absolute atomic E-state index is 11.4. The Balaban J connectivity index is 1.82. The Bertz CT molecular complexity index is 916. The summed E-state index contributed by atoms with van der Waals surface area (Å²) in [5, 5.41) is 14.1. The van der Waals surface area contributed by atoms with Crippen LogP contribution in [0.4, 0.5) is 0 Å². The first-order chi connectivity index (χ1) is 12.1. The fourth-order valence-corrected chi connectivity index (χ4v) is 2.16. The molecule has 10 heteroatoms. The van der Waals surface area contributed by atoms with Crippen molar-refractivity contribution < 1.29 is 19.1 Å². The van der Waals surface area contributed by atoms with Crippen molar-refractivity contribution in [2.45, 2.75) is 6.73 Å². The van der Waals surface area contributed by atoms with Crippen LogP contribution >= 0.6 is 0 Å². The van der Waals surface area contributed by atoms with Crippen molar-refractivity contribution in [1.82, 2.24) is 25.2 Å². The van der Waals surface area contributed by atoms with E-state index < -0.39 is 11.9 Å². The summed E-state index contributed by atoms with van der Waals surface area (Å²) in [6.07, 6.45) is 1.58. The number of methoxy groups -OCH3 is 1. The van der Waals surface area contributed by atoms with Crippen LogP contribution in [0.15, 0.2) is 36.5 Å². The number of nitrogens with zero attached hydrogens (tertiary/aromatic N) is 4. The molecule has 3 aromatic rings. The predicted octanol–water partition coefficient (Wildman–Crippen LogP) is 0.590. The molecular weight excluding hydrogens is 328 g/mol. The Labute approximate surface area is 141 Å². The fraction of sp³-hybridized carbons (Fsp3) is 0.133. The summed E-state index contributed by atoms with van der Waals surface area (Å²) in [5.41, 5.74) is 6.32. The van der Waals surface area contributed by atoms with Crippen LogP contribution in [0.1, 0.15) is 21.0 Å². The number of aromatic amines is 1. The Hall–Kier alpha value is -3.69. The first-order valence-electron chi connectivity index (χ1n) is 7.14. The molecule has 10 nitrogen and oxygen atoms in total. The maximum Gasteiger partial charge on any atom is 0.358 e. The van der Waals surface area contributed by atoms with Gasteiger partial charge in [0.05, 0.1) is 7.11 Å². The number of carbonyl (C=O) groups excluding carboxylic acids is 2.